The molecular weight excluding hydrogens is 186 g/mol. The first-order valence-electron chi connectivity index (χ1n) is 5.79. The smallest absolute Gasteiger partial charge is 0.123 e. The highest BCUT2D eigenvalue weighted by atomic mass is 15.0. The zero-order valence-corrected chi connectivity index (χ0v) is 10.5. The lowest BCUT2D eigenvalue weighted by molar-refractivity contribution is 0.440. The molecular formula is C12H23N3. The number of imidazole rings is 1. The van der Waals surface area contributed by atoms with E-state index in [1.807, 2.05) is 0 Å². The van der Waals surface area contributed by atoms with Crippen LogP contribution in [0.4, 0.5) is 0 Å². The van der Waals surface area contributed by atoms with Gasteiger partial charge in [0.15, 0.2) is 0 Å². The molecule has 0 saturated heterocycles. The quantitative estimate of drug-likeness (QED) is 0.801. The molecule has 0 fully saturated rings. The average molecular weight is 209 g/mol. The number of hydrogen-bond acceptors (Lipinski definition) is 2. The predicted octanol–water partition coefficient (Wildman–Crippen LogP) is 2.89. The van der Waals surface area contributed by atoms with Crippen LogP contribution in [0.3, 0.4) is 0 Å². The average Bonchev–Trinajstić information content (AvgIpc) is 2.58. The molecule has 3 heteroatoms. The normalized spacial score (nSPS) is 15.7. The van der Waals surface area contributed by atoms with E-state index in [9.17, 15) is 0 Å². The predicted molar refractivity (Wildman–Crippen MR) is 63.8 cm³/mol. The van der Waals surface area contributed by atoms with E-state index in [1.165, 1.54) is 0 Å². The Kier molecular flexibility index (Phi) is 3.91. The van der Waals surface area contributed by atoms with Crippen molar-refractivity contribution in [2.24, 2.45) is 11.7 Å². The molecule has 3 N–H and O–H groups in total. The van der Waals surface area contributed by atoms with E-state index in [1.54, 1.807) is 0 Å². The van der Waals surface area contributed by atoms with Crippen molar-refractivity contribution in [2.75, 3.05) is 0 Å². The molecule has 0 aromatic carbocycles. The van der Waals surface area contributed by atoms with Crippen LogP contribution in [0.15, 0.2) is 0 Å². The van der Waals surface area contributed by atoms with Gasteiger partial charge in [-0.3, -0.25) is 0 Å². The zero-order chi connectivity index (χ0) is 11.6. The highest BCUT2D eigenvalue weighted by Crippen LogP contribution is 2.23. The molecule has 0 amide bonds. The summed E-state index contributed by atoms with van der Waals surface area (Å²) in [4.78, 5) is 7.90. The minimum absolute atomic E-state index is 0.0289. The molecule has 0 spiro atoms. The summed E-state index contributed by atoms with van der Waals surface area (Å²) >= 11 is 0. The van der Waals surface area contributed by atoms with Crippen LogP contribution in [0.25, 0.3) is 0 Å². The summed E-state index contributed by atoms with van der Waals surface area (Å²) < 4.78 is 0. The molecule has 2 atom stereocenters. The number of aromatic amines is 1. The van der Waals surface area contributed by atoms with Gasteiger partial charge in [0.2, 0.25) is 0 Å². The minimum atomic E-state index is 0.0289. The van der Waals surface area contributed by atoms with Gasteiger partial charge in [0.05, 0.1) is 11.7 Å². The number of nitrogens with one attached hydrogen (secondary N) is 1. The van der Waals surface area contributed by atoms with Gasteiger partial charge >= 0.3 is 0 Å². The lowest BCUT2D eigenvalue weighted by Crippen LogP contribution is -2.20. The van der Waals surface area contributed by atoms with Crippen LogP contribution in [0.5, 0.6) is 0 Å². The second kappa shape index (κ2) is 4.79. The molecule has 1 aromatic rings. The topological polar surface area (TPSA) is 54.7 Å². The number of rotatable bonds is 4. The fourth-order valence-corrected chi connectivity index (χ4v) is 1.74. The van der Waals surface area contributed by atoms with E-state index in [2.05, 4.69) is 44.6 Å². The fraction of sp³-hybridized carbons (Fsp3) is 0.750. The van der Waals surface area contributed by atoms with Crippen molar-refractivity contribution in [3.63, 3.8) is 0 Å². The Morgan fingerprint density at radius 1 is 1.33 bits per heavy atom. The van der Waals surface area contributed by atoms with Crippen LogP contribution in [-0.2, 0) is 0 Å². The van der Waals surface area contributed by atoms with Gasteiger partial charge in [-0.2, -0.15) is 0 Å². The Labute approximate surface area is 92.5 Å². The van der Waals surface area contributed by atoms with Gasteiger partial charge in [-0.15, -0.1) is 0 Å². The van der Waals surface area contributed by atoms with Gasteiger partial charge in [0.25, 0.3) is 0 Å². The standard InChI is InChI=1S/C12H23N3/c1-6-8(4)10(13)12-14-9(5)11(15-12)7(2)3/h7-8,10H,6,13H2,1-5H3,(H,14,15). The van der Waals surface area contributed by atoms with Crippen LogP contribution >= 0.6 is 0 Å². The van der Waals surface area contributed by atoms with E-state index in [-0.39, 0.29) is 6.04 Å². The van der Waals surface area contributed by atoms with Gasteiger partial charge in [-0.1, -0.05) is 34.1 Å². The van der Waals surface area contributed by atoms with E-state index >= 15 is 0 Å². The van der Waals surface area contributed by atoms with Crippen molar-refractivity contribution < 1.29 is 0 Å². The van der Waals surface area contributed by atoms with Crippen LogP contribution in [0.2, 0.25) is 0 Å². The largest absolute Gasteiger partial charge is 0.345 e. The molecule has 0 bridgehead atoms. The van der Waals surface area contributed by atoms with Crippen molar-refractivity contribution in [1.82, 2.24) is 9.97 Å². The monoisotopic (exact) mass is 209 g/mol. The first-order valence-corrected chi connectivity index (χ1v) is 5.79. The molecule has 2 unspecified atom stereocenters. The van der Waals surface area contributed by atoms with Gasteiger partial charge in [0, 0.05) is 5.69 Å². The summed E-state index contributed by atoms with van der Waals surface area (Å²) in [5.41, 5.74) is 8.43. The van der Waals surface area contributed by atoms with Crippen molar-refractivity contribution in [3.05, 3.63) is 17.2 Å². The molecule has 0 aliphatic carbocycles. The molecule has 0 radical (unpaired) electrons. The molecule has 1 heterocycles. The maximum absolute atomic E-state index is 6.14. The van der Waals surface area contributed by atoms with Crippen molar-refractivity contribution >= 4 is 0 Å². The fourth-order valence-electron chi connectivity index (χ4n) is 1.74. The third kappa shape index (κ3) is 2.59. The minimum Gasteiger partial charge on any atom is -0.345 e. The Balaban J connectivity index is 2.92. The van der Waals surface area contributed by atoms with Gasteiger partial charge in [0.1, 0.15) is 5.82 Å². The van der Waals surface area contributed by atoms with Crippen LogP contribution < -0.4 is 5.73 Å². The zero-order valence-electron chi connectivity index (χ0n) is 10.5. The molecule has 1 rings (SSSR count). The third-order valence-corrected chi connectivity index (χ3v) is 3.06. The molecule has 0 aliphatic heterocycles. The van der Waals surface area contributed by atoms with E-state index < -0.39 is 0 Å². The maximum Gasteiger partial charge on any atom is 0.123 e. The SMILES string of the molecule is CCC(C)C(N)c1nc(C(C)C)c(C)[nH]1. The van der Waals surface area contributed by atoms with Crippen LogP contribution in [-0.4, -0.2) is 9.97 Å². The third-order valence-electron chi connectivity index (χ3n) is 3.06. The van der Waals surface area contributed by atoms with Crippen LogP contribution in [0, 0.1) is 12.8 Å². The first-order chi connectivity index (χ1) is 6.97. The highest BCUT2D eigenvalue weighted by molar-refractivity contribution is 5.18. The summed E-state index contributed by atoms with van der Waals surface area (Å²) in [5, 5.41) is 0. The van der Waals surface area contributed by atoms with Crippen molar-refractivity contribution in [3.8, 4) is 0 Å². The number of aryl methyl sites for hydroxylation is 1. The Morgan fingerprint density at radius 2 is 1.93 bits per heavy atom. The summed E-state index contributed by atoms with van der Waals surface area (Å²) in [6.45, 7) is 10.7. The van der Waals surface area contributed by atoms with Gasteiger partial charge < -0.3 is 10.7 Å². The lowest BCUT2D eigenvalue weighted by atomic mass is 10.00. The van der Waals surface area contributed by atoms with E-state index in [0.29, 0.717) is 11.8 Å². The number of nitrogens with zero attached hydrogens (tertiary/aromatic N) is 1. The summed E-state index contributed by atoms with van der Waals surface area (Å²) in [5.74, 6) is 1.86. The number of nitrogens with two attached hydrogens (primary N) is 1. The Hall–Kier alpha value is -0.830. The van der Waals surface area contributed by atoms with Gasteiger partial charge in [-0.05, 0) is 18.8 Å². The molecule has 1 aromatic heterocycles. The Morgan fingerprint density at radius 3 is 2.33 bits per heavy atom. The number of H-pyrrole nitrogens is 1. The van der Waals surface area contributed by atoms with Crippen molar-refractivity contribution in [1.29, 1.82) is 0 Å². The van der Waals surface area contributed by atoms with E-state index in [0.717, 1.165) is 23.6 Å². The van der Waals surface area contributed by atoms with Crippen molar-refractivity contribution in [2.45, 2.75) is 53.0 Å². The molecule has 3 nitrogen and oxygen atoms in total. The van der Waals surface area contributed by atoms with Crippen LogP contribution in [0.1, 0.15) is 63.3 Å². The summed E-state index contributed by atoms with van der Waals surface area (Å²) in [6.07, 6.45) is 1.08. The summed E-state index contributed by atoms with van der Waals surface area (Å²) in [7, 11) is 0. The Bertz CT molecular complexity index is 315. The lowest BCUT2D eigenvalue weighted by Gasteiger charge is -2.15. The number of hydrogen-bond donors (Lipinski definition) is 2. The molecule has 86 valence electrons. The molecule has 0 aliphatic rings. The second-order valence-corrected chi connectivity index (χ2v) is 4.70. The van der Waals surface area contributed by atoms with Gasteiger partial charge in [-0.25, -0.2) is 4.98 Å². The molecule has 0 saturated carbocycles. The number of aromatic nitrogens is 2. The highest BCUT2D eigenvalue weighted by Gasteiger charge is 2.18. The first kappa shape index (κ1) is 12.2. The van der Waals surface area contributed by atoms with E-state index in [4.69, 9.17) is 5.73 Å². The second-order valence-electron chi connectivity index (χ2n) is 4.70. The summed E-state index contributed by atoms with van der Waals surface area (Å²) in [6, 6.07) is 0.0289. The molecule has 15 heavy (non-hydrogen) atoms. The maximum atomic E-state index is 6.14.